The molecule has 0 aliphatic heterocycles. The van der Waals surface area contributed by atoms with E-state index in [1.165, 1.54) is 49.7 Å². The van der Waals surface area contributed by atoms with Gasteiger partial charge in [0.25, 0.3) is 0 Å². The van der Waals surface area contributed by atoms with Gasteiger partial charge in [0.15, 0.2) is 0 Å². The van der Waals surface area contributed by atoms with Crippen molar-refractivity contribution in [1.82, 2.24) is 0 Å². The summed E-state index contributed by atoms with van der Waals surface area (Å²) in [6, 6.07) is 0. The molecule has 0 amide bonds. The summed E-state index contributed by atoms with van der Waals surface area (Å²) >= 11 is 2.27. The van der Waals surface area contributed by atoms with Crippen LogP contribution in [0.4, 0.5) is 0 Å². The molecule has 0 radical (unpaired) electrons. The molecule has 26 heavy (non-hydrogen) atoms. The van der Waals surface area contributed by atoms with Gasteiger partial charge in [-0.25, -0.2) is 23.3 Å². The molecule has 0 saturated carbocycles. The topological polar surface area (TPSA) is 0 Å². The van der Waals surface area contributed by atoms with Gasteiger partial charge in [0, 0.05) is 0 Å². The predicted molar refractivity (Wildman–Crippen MR) is 107 cm³/mol. The fraction of sp³-hybridized carbons (Fsp3) is 0.636. The predicted octanol–water partition coefficient (Wildman–Crippen LogP) is 1.30. The van der Waals surface area contributed by atoms with Gasteiger partial charge < -0.3 is 24.8 Å². The molecule has 2 rings (SSSR count). The Hall–Kier alpha value is 0.471. The summed E-state index contributed by atoms with van der Waals surface area (Å²) in [5, 5.41) is 0. The monoisotopic (exact) mass is 446 g/mol. The summed E-state index contributed by atoms with van der Waals surface area (Å²) in [6.07, 6.45) is 21.3. The molecule has 0 aromatic carbocycles. The van der Waals surface area contributed by atoms with E-state index in [1.807, 2.05) is 0 Å². The first kappa shape index (κ1) is 31.2. The van der Waals surface area contributed by atoms with Crippen LogP contribution in [0.5, 0.6) is 0 Å². The van der Waals surface area contributed by atoms with E-state index in [0.29, 0.717) is 0 Å². The molecule has 0 atom stereocenters. The van der Waals surface area contributed by atoms with Crippen LogP contribution >= 0.6 is 0 Å². The van der Waals surface area contributed by atoms with Crippen molar-refractivity contribution >= 4 is 6.19 Å². The van der Waals surface area contributed by atoms with Crippen molar-refractivity contribution < 1.29 is 44.0 Å². The van der Waals surface area contributed by atoms with E-state index in [9.17, 15) is 0 Å². The minimum atomic E-state index is 0. The molecule has 0 saturated heterocycles. The molecular formula is C22H36Cl2SiTi-2. The zero-order chi connectivity index (χ0) is 18.4. The normalized spacial score (nSPS) is 14.2. The third kappa shape index (κ3) is 19.2. The summed E-state index contributed by atoms with van der Waals surface area (Å²) in [5.41, 5.74) is 5.79. The van der Waals surface area contributed by atoms with E-state index in [4.69, 9.17) is 0 Å². The number of unbranched alkanes of at least 4 members (excludes halogenated alkanes) is 2. The standard InChI is InChI=1S/2C10H15.C2H6Si.2ClH.Ti/c2*1-3-4-5-10-7-6-9(2)8-10;1-3-2;;;/h2*8H,3-5,7H2,1-2H3;1-2H3;2*1H;/q2*-1;;;;+2/p-2. The third-order valence-corrected chi connectivity index (χ3v) is 3.73. The average molecular weight is 447 g/mol. The fourth-order valence-corrected chi connectivity index (χ4v) is 2.45. The average Bonchev–Trinajstić information content (AvgIpc) is 3.11. The number of allylic oxidation sites excluding steroid dienone is 8. The van der Waals surface area contributed by atoms with Crippen LogP contribution in [-0.2, 0) is 19.2 Å². The van der Waals surface area contributed by atoms with Crippen LogP contribution in [0.25, 0.3) is 0 Å². The van der Waals surface area contributed by atoms with E-state index in [1.54, 1.807) is 11.1 Å². The minimum Gasteiger partial charge on any atom is -1.00 e. The first-order chi connectivity index (χ1) is 11.4. The van der Waals surface area contributed by atoms with Crippen LogP contribution < -0.4 is 24.8 Å². The van der Waals surface area contributed by atoms with Crippen molar-refractivity contribution in [2.75, 3.05) is 0 Å². The molecular weight excluding hydrogens is 411 g/mol. The molecule has 2 aliphatic rings. The second kappa shape index (κ2) is 20.2. The van der Waals surface area contributed by atoms with E-state index >= 15 is 0 Å². The maximum Gasteiger partial charge on any atom is -1.00 e. The Morgan fingerprint density at radius 2 is 1.15 bits per heavy atom. The second-order valence-corrected chi connectivity index (χ2v) is 13.6. The molecule has 0 spiro atoms. The molecule has 0 fully saturated rings. The van der Waals surface area contributed by atoms with Gasteiger partial charge in [-0.1, -0.05) is 53.4 Å². The molecule has 0 N–H and O–H groups in total. The van der Waals surface area contributed by atoms with Gasteiger partial charge in [-0.15, -0.1) is 12.8 Å². The van der Waals surface area contributed by atoms with E-state index in [-0.39, 0.29) is 31.0 Å². The Balaban J connectivity index is -0.000000319. The van der Waals surface area contributed by atoms with E-state index in [0.717, 1.165) is 12.8 Å². The molecule has 0 aromatic rings. The maximum absolute atomic E-state index is 3.30. The van der Waals surface area contributed by atoms with Crippen LogP contribution in [0.1, 0.15) is 79.1 Å². The van der Waals surface area contributed by atoms with Gasteiger partial charge in [0.1, 0.15) is 0 Å². The van der Waals surface area contributed by atoms with Gasteiger partial charge in [0.05, 0.1) is 0 Å². The first-order valence-electron chi connectivity index (χ1n) is 9.44. The van der Waals surface area contributed by atoms with Crippen LogP contribution in [0.3, 0.4) is 0 Å². The van der Waals surface area contributed by atoms with Crippen molar-refractivity contribution in [1.29, 1.82) is 0 Å². The fourth-order valence-electron chi connectivity index (χ4n) is 2.45. The Labute approximate surface area is 188 Å². The van der Waals surface area contributed by atoms with Crippen molar-refractivity contribution in [2.24, 2.45) is 0 Å². The molecule has 0 aromatic heterocycles. The molecule has 0 heterocycles. The Kier molecular flexibility index (Phi) is 24.2. The molecule has 2 aliphatic carbocycles. The molecule has 0 nitrogen and oxygen atoms in total. The van der Waals surface area contributed by atoms with Gasteiger partial charge >= 0.3 is 38.5 Å². The molecule has 148 valence electrons. The smallest absolute Gasteiger partial charge is 1.00 e. The Morgan fingerprint density at radius 1 is 0.846 bits per heavy atom. The SMILES string of the molecule is CCCCC1=CC(C)=[C-]C1.CCCCC1=CC(C)=[C-]C1.C[Si](C)=[Ti+2].[Cl-].[Cl-]. The van der Waals surface area contributed by atoms with E-state index in [2.05, 4.69) is 84.3 Å². The van der Waals surface area contributed by atoms with Crippen LogP contribution in [0, 0.1) is 12.2 Å². The van der Waals surface area contributed by atoms with Crippen LogP contribution in [0.15, 0.2) is 34.4 Å². The third-order valence-electron chi connectivity index (χ3n) is 3.73. The number of halogens is 2. The zero-order valence-corrected chi connectivity index (χ0v) is 21.6. The van der Waals surface area contributed by atoms with Crippen LogP contribution in [-0.4, -0.2) is 6.19 Å². The zero-order valence-electron chi connectivity index (χ0n) is 17.6. The second-order valence-electron chi connectivity index (χ2n) is 6.89. The van der Waals surface area contributed by atoms with Crippen molar-refractivity contribution in [3.8, 4) is 0 Å². The number of hydrogen-bond acceptors (Lipinski definition) is 0. The summed E-state index contributed by atoms with van der Waals surface area (Å²) in [5.74, 6) is 0. The largest absolute Gasteiger partial charge is 1.00 e. The minimum absolute atomic E-state index is 0. The summed E-state index contributed by atoms with van der Waals surface area (Å²) in [4.78, 5) is 0. The summed E-state index contributed by atoms with van der Waals surface area (Å²) in [6.45, 7) is 13.3. The van der Waals surface area contributed by atoms with Gasteiger partial charge in [-0.3, -0.25) is 12.2 Å². The maximum atomic E-state index is 3.30. The Bertz CT molecular complexity index is 458. The number of hydrogen-bond donors (Lipinski definition) is 0. The van der Waals surface area contributed by atoms with E-state index < -0.39 is 0 Å². The van der Waals surface area contributed by atoms with Crippen LogP contribution in [0.2, 0.25) is 13.1 Å². The first-order valence-corrected chi connectivity index (χ1v) is 14.3. The van der Waals surface area contributed by atoms with Crippen molar-refractivity contribution in [3.05, 3.63) is 46.6 Å². The molecule has 0 unspecified atom stereocenters. The Morgan fingerprint density at radius 3 is 1.35 bits per heavy atom. The van der Waals surface area contributed by atoms with Gasteiger partial charge in [-0.05, 0) is 12.8 Å². The van der Waals surface area contributed by atoms with Crippen molar-refractivity contribution in [3.63, 3.8) is 0 Å². The van der Waals surface area contributed by atoms with Gasteiger partial charge in [-0.2, -0.15) is 11.1 Å². The van der Waals surface area contributed by atoms with Gasteiger partial charge in [0.2, 0.25) is 0 Å². The summed E-state index contributed by atoms with van der Waals surface area (Å²) in [7, 11) is 0. The van der Waals surface area contributed by atoms with Crippen molar-refractivity contribution in [2.45, 2.75) is 92.2 Å². The number of rotatable bonds is 6. The molecule has 0 bridgehead atoms. The summed E-state index contributed by atoms with van der Waals surface area (Å²) < 4.78 is 0. The quantitative estimate of drug-likeness (QED) is 0.426. The molecule has 4 heteroatoms.